The Morgan fingerprint density at radius 2 is 1.73 bits per heavy atom. The summed E-state index contributed by atoms with van der Waals surface area (Å²) in [6, 6.07) is 17.5. The van der Waals surface area contributed by atoms with Crippen molar-refractivity contribution >= 4 is 22.8 Å². The summed E-state index contributed by atoms with van der Waals surface area (Å²) in [5.74, 6) is 2.12. The Kier molecular flexibility index (Phi) is 7.61. The second-order valence-electron chi connectivity index (χ2n) is 10.7. The summed E-state index contributed by atoms with van der Waals surface area (Å²) in [5.41, 5.74) is 8.70. The van der Waals surface area contributed by atoms with Crippen LogP contribution >= 0.6 is 0 Å². The molecular weight excluding hydrogens is 504 g/mol. The zero-order chi connectivity index (χ0) is 27.5. The molecule has 10 heteroatoms. The fraction of sp³-hybridized carbons (Fsp3) is 0.400. The predicted molar refractivity (Wildman–Crippen MR) is 155 cm³/mol. The molecule has 2 fully saturated rings. The number of carbonyl (C=O) groups excluding carboxylic acids is 1. The van der Waals surface area contributed by atoms with Crippen LogP contribution in [0.5, 0.6) is 11.5 Å². The predicted octanol–water partition coefficient (Wildman–Crippen LogP) is 3.67. The fourth-order valence-electron chi connectivity index (χ4n) is 5.62. The number of anilines is 1. The summed E-state index contributed by atoms with van der Waals surface area (Å²) in [6.07, 6.45) is 3.88. The number of piperazine rings is 1. The van der Waals surface area contributed by atoms with E-state index in [4.69, 9.17) is 15.6 Å². The van der Waals surface area contributed by atoms with Gasteiger partial charge in [-0.1, -0.05) is 18.2 Å². The van der Waals surface area contributed by atoms with Crippen molar-refractivity contribution in [2.45, 2.75) is 25.3 Å². The van der Waals surface area contributed by atoms with Gasteiger partial charge in [-0.05, 0) is 56.3 Å². The number of hydrogen-bond donors (Lipinski definition) is 1. The maximum Gasteiger partial charge on any atom is 0.223 e. The highest BCUT2D eigenvalue weighted by molar-refractivity contribution is 5.98. The second kappa shape index (κ2) is 11.6. The Balaban J connectivity index is 1.20. The first-order chi connectivity index (χ1) is 19.5. The summed E-state index contributed by atoms with van der Waals surface area (Å²) in [4.78, 5) is 28.8. The molecule has 2 saturated heterocycles. The van der Waals surface area contributed by atoms with Crippen LogP contribution in [0.25, 0.3) is 22.3 Å². The van der Waals surface area contributed by atoms with Gasteiger partial charge in [0, 0.05) is 57.8 Å². The Hall–Kier alpha value is -4.02. The number of aromatic nitrogens is 4. The van der Waals surface area contributed by atoms with Crippen molar-refractivity contribution in [3.63, 3.8) is 0 Å². The maximum atomic E-state index is 13.2. The Morgan fingerprint density at radius 3 is 2.50 bits per heavy atom. The van der Waals surface area contributed by atoms with Gasteiger partial charge >= 0.3 is 0 Å². The SMILES string of the molecule is CN1CCN(CCC(=O)N2CCCC(n3nc(-c4ccc(Oc5ccccc5)cc4)c4c(N)ncnc43)C2)CC1. The molecule has 2 N–H and O–H groups in total. The molecule has 10 nitrogen and oxygen atoms in total. The van der Waals surface area contributed by atoms with Gasteiger partial charge in [0.15, 0.2) is 5.65 Å². The lowest BCUT2D eigenvalue weighted by Crippen LogP contribution is -2.46. The average molecular weight is 541 g/mol. The first-order valence-corrected chi connectivity index (χ1v) is 14.1. The van der Waals surface area contributed by atoms with Crippen molar-refractivity contribution in [1.29, 1.82) is 0 Å². The quantitative estimate of drug-likeness (QED) is 0.379. The van der Waals surface area contributed by atoms with Crippen LogP contribution in [0, 0.1) is 0 Å². The minimum Gasteiger partial charge on any atom is -0.457 e. The molecule has 4 heterocycles. The number of rotatable bonds is 7. The first kappa shape index (κ1) is 26.2. The van der Waals surface area contributed by atoms with Crippen molar-refractivity contribution in [2.75, 3.05) is 58.6 Å². The molecule has 1 unspecified atom stereocenters. The number of piperidine rings is 1. The van der Waals surface area contributed by atoms with Crippen LogP contribution in [0.3, 0.4) is 0 Å². The second-order valence-corrected chi connectivity index (χ2v) is 10.7. The number of nitrogens with zero attached hydrogens (tertiary/aromatic N) is 7. The zero-order valence-corrected chi connectivity index (χ0v) is 22.9. The van der Waals surface area contributed by atoms with E-state index < -0.39 is 0 Å². The van der Waals surface area contributed by atoms with Crippen molar-refractivity contribution in [1.82, 2.24) is 34.4 Å². The van der Waals surface area contributed by atoms with Gasteiger partial charge < -0.3 is 25.2 Å². The molecule has 1 atom stereocenters. The first-order valence-electron chi connectivity index (χ1n) is 14.1. The molecule has 0 aliphatic carbocycles. The van der Waals surface area contributed by atoms with Gasteiger partial charge in [0.25, 0.3) is 0 Å². The van der Waals surface area contributed by atoms with Gasteiger partial charge in [0.05, 0.1) is 11.4 Å². The van der Waals surface area contributed by atoms with Crippen molar-refractivity contribution in [2.24, 2.45) is 0 Å². The number of hydrogen-bond acceptors (Lipinski definition) is 8. The van der Waals surface area contributed by atoms with Crippen molar-refractivity contribution in [3.8, 4) is 22.8 Å². The molecule has 0 bridgehead atoms. The number of carbonyl (C=O) groups is 1. The molecule has 208 valence electrons. The van der Waals surface area contributed by atoms with E-state index in [-0.39, 0.29) is 11.9 Å². The average Bonchev–Trinajstić information content (AvgIpc) is 3.39. The van der Waals surface area contributed by atoms with Crippen LogP contribution in [-0.4, -0.2) is 93.2 Å². The van der Waals surface area contributed by atoms with Crippen LogP contribution in [-0.2, 0) is 4.79 Å². The monoisotopic (exact) mass is 540 g/mol. The van der Waals surface area contributed by atoms with E-state index in [0.29, 0.717) is 24.4 Å². The Morgan fingerprint density at radius 1 is 0.975 bits per heavy atom. The van der Waals surface area contributed by atoms with Gasteiger partial charge in [0.2, 0.25) is 5.91 Å². The highest BCUT2D eigenvalue weighted by atomic mass is 16.5. The molecule has 4 aromatic rings. The van der Waals surface area contributed by atoms with Gasteiger partial charge in [-0.3, -0.25) is 4.79 Å². The molecule has 6 rings (SSSR count). The molecule has 2 aromatic carbocycles. The van der Waals surface area contributed by atoms with Crippen molar-refractivity contribution < 1.29 is 9.53 Å². The van der Waals surface area contributed by atoms with Gasteiger partial charge in [-0.2, -0.15) is 5.10 Å². The molecule has 1 amide bonds. The van der Waals surface area contributed by atoms with E-state index in [1.165, 1.54) is 6.33 Å². The largest absolute Gasteiger partial charge is 0.457 e. The maximum absolute atomic E-state index is 13.2. The molecule has 0 saturated carbocycles. The van der Waals surface area contributed by atoms with Gasteiger partial charge in [-0.25, -0.2) is 14.6 Å². The van der Waals surface area contributed by atoms with E-state index in [1.54, 1.807) is 0 Å². The van der Waals surface area contributed by atoms with Crippen LogP contribution in [0.2, 0.25) is 0 Å². The minimum atomic E-state index is 0.0209. The Labute approximate surface area is 234 Å². The number of ether oxygens (including phenoxy) is 1. The molecule has 2 aliphatic heterocycles. The lowest BCUT2D eigenvalue weighted by atomic mass is 10.1. The lowest BCUT2D eigenvalue weighted by Gasteiger charge is -2.35. The van der Waals surface area contributed by atoms with Gasteiger partial charge in [0.1, 0.15) is 29.3 Å². The zero-order valence-electron chi connectivity index (χ0n) is 22.9. The third kappa shape index (κ3) is 5.64. The number of para-hydroxylation sites is 1. The number of benzene rings is 2. The normalized spacial score (nSPS) is 18.7. The fourth-order valence-corrected chi connectivity index (χ4v) is 5.62. The number of likely N-dealkylation sites (tertiary alicyclic amines) is 1. The number of nitrogen functional groups attached to an aromatic ring is 1. The molecule has 2 aliphatic rings. The van der Waals surface area contributed by atoms with Crippen LogP contribution in [0.4, 0.5) is 5.82 Å². The topological polar surface area (TPSA) is 106 Å². The number of amides is 1. The third-order valence-corrected chi connectivity index (χ3v) is 7.96. The number of likely N-dealkylation sites (N-methyl/N-ethyl adjacent to an activating group) is 1. The highest BCUT2D eigenvalue weighted by Crippen LogP contribution is 2.35. The molecule has 0 radical (unpaired) electrons. The van der Waals surface area contributed by atoms with Gasteiger partial charge in [-0.15, -0.1) is 0 Å². The van der Waals surface area contributed by atoms with Crippen LogP contribution in [0.1, 0.15) is 25.3 Å². The van der Waals surface area contributed by atoms with E-state index in [0.717, 1.165) is 80.3 Å². The molecule has 2 aromatic heterocycles. The molecular formula is C30H36N8O2. The van der Waals surface area contributed by atoms with E-state index in [9.17, 15) is 4.79 Å². The van der Waals surface area contributed by atoms with E-state index in [2.05, 4.69) is 26.8 Å². The standard InChI is InChI=1S/C30H36N8O2/c1-35-16-18-36(19-17-35)15-13-26(39)37-14-5-6-23(20-37)38-30-27(29(31)32-21-33-30)28(34-38)22-9-11-25(12-10-22)40-24-7-3-2-4-8-24/h2-4,7-12,21,23H,5-6,13-20H2,1H3,(H2,31,32,33). The summed E-state index contributed by atoms with van der Waals surface area (Å²) < 4.78 is 7.92. The van der Waals surface area contributed by atoms with E-state index >= 15 is 0 Å². The number of nitrogens with two attached hydrogens (primary N) is 1. The number of fused-ring (bicyclic) bond motifs is 1. The van der Waals surface area contributed by atoms with Crippen LogP contribution in [0.15, 0.2) is 60.9 Å². The minimum absolute atomic E-state index is 0.0209. The van der Waals surface area contributed by atoms with Crippen molar-refractivity contribution in [3.05, 3.63) is 60.9 Å². The summed E-state index contributed by atoms with van der Waals surface area (Å²) >= 11 is 0. The van der Waals surface area contributed by atoms with Crippen LogP contribution < -0.4 is 10.5 Å². The molecule has 0 spiro atoms. The highest BCUT2D eigenvalue weighted by Gasteiger charge is 2.29. The third-order valence-electron chi connectivity index (χ3n) is 7.96. The molecule has 40 heavy (non-hydrogen) atoms. The smallest absolute Gasteiger partial charge is 0.223 e. The summed E-state index contributed by atoms with van der Waals surface area (Å²) in [6.45, 7) is 6.38. The van der Waals surface area contributed by atoms with E-state index in [1.807, 2.05) is 64.2 Å². The Bertz CT molecular complexity index is 1450. The lowest BCUT2D eigenvalue weighted by molar-refractivity contribution is -0.133. The summed E-state index contributed by atoms with van der Waals surface area (Å²) in [5, 5.41) is 5.75. The summed E-state index contributed by atoms with van der Waals surface area (Å²) in [7, 11) is 2.15.